The second-order valence-corrected chi connectivity index (χ2v) is 5.86. The Bertz CT molecular complexity index is 603. The van der Waals surface area contributed by atoms with Crippen molar-refractivity contribution in [3.05, 3.63) is 57.3 Å². The van der Waals surface area contributed by atoms with E-state index in [1.165, 1.54) is 6.08 Å². The standard InChI is InChI=1S/C16H19NO5/c1-11-4-6-12(7-5-11)13(10-17(19)20)8-14-9-15(18)22-16(2,3)21-14/h4-7,9,13H,8,10H2,1-3H3. The van der Waals surface area contributed by atoms with Gasteiger partial charge in [-0.3, -0.25) is 10.1 Å². The van der Waals surface area contributed by atoms with Gasteiger partial charge in [0.25, 0.3) is 0 Å². The molecule has 0 radical (unpaired) electrons. The van der Waals surface area contributed by atoms with Gasteiger partial charge in [0.15, 0.2) is 0 Å². The van der Waals surface area contributed by atoms with Gasteiger partial charge in [0.05, 0.1) is 12.0 Å². The van der Waals surface area contributed by atoms with Crippen LogP contribution >= 0.6 is 0 Å². The van der Waals surface area contributed by atoms with Gasteiger partial charge in [-0.25, -0.2) is 4.79 Å². The van der Waals surface area contributed by atoms with Crippen molar-refractivity contribution in [2.24, 2.45) is 0 Å². The molecule has 118 valence electrons. The predicted molar refractivity (Wildman–Crippen MR) is 79.7 cm³/mol. The minimum absolute atomic E-state index is 0.223. The quantitative estimate of drug-likeness (QED) is 0.475. The molecule has 1 aliphatic rings. The molecule has 0 fully saturated rings. The summed E-state index contributed by atoms with van der Waals surface area (Å²) in [5, 5.41) is 10.9. The van der Waals surface area contributed by atoms with Crippen LogP contribution in [-0.2, 0) is 14.3 Å². The van der Waals surface area contributed by atoms with Gasteiger partial charge in [-0.15, -0.1) is 0 Å². The van der Waals surface area contributed by atoms with E-state index in [2.05, 4.69) is 0 Å². The molecule has 1 unspecified atom stereocenters. The first-order valence-electron chi connectivity index (χ1n) is 7.06. The number of cyclic esters (lactones) is 1. The van der Waals surface area contributed by atoms with Crippen LogP contribution in [0.15, 0.2) is 36.1 Å². The minimum atomic E-state index is -1.05. The molecule has 1 atom stereocenters. The van der Waals surface area contributed by atoms with E-state index in [-0.39, 0.29) is 23.8 Å². The fourth-order valence-corrected chi connectivity index (χ4v) is 2.42. The Morgan fingerprint density at radius 3 is 2.41 bits per heavy atom. The lowest BCUT2D eigenvalue weighted by atomic mass is 9.93. The zero-order valence-corrected chi connectivity index (χ0v) is 12.9. The maximum atomic E-state index is 11.6. The molecule has 0 N–H and O–H groups in total. The molecular weight excluding hydrogens is 286 g/mol. The molecule has 6 heteroatoms. The van der Waals surface area contributed by atoms with E-state index in [0.29, 0.717) is 5.76 Å². The first kappa shape index (κ1) is 16.0. The lowest BCUT2D eigenvalue weighted by Crippen LogP contribution is -2.34. The second kappa shape index (κ2) is 6.17. The van der Waals surface area contributed by atoms with Crippen molar-refractivity contribution in [2.45, 2.75) is 38.9 Å². The van der Waals surface area contributed by atoms with Crippen LogP contribution in [0.3, 0.4) is 0 Å². The van der Waals surface area contributed by atoms with Gasteiger partial charge in [0.1, 0.15) is 5.76 Å². The first-order chi connectivity index (χ1) is 10.2. The highest BCUT2D eigenvalue weighted by atomic mass is 16.7. The number of nitro groups is 1. The van der Waals surface area contributed by atoms with E-state index >= 15 is 0 Å². The molecule has 0 saturated heterocycles. The Hall–Kier alpha value is -2.37. The third-order valence-corrected chi connectivity index (χ3v) is 3.37. The van der Waals surface area contributed by atoms with E-state index in [1.54, 1.807) is 13.8 Å². The number of ether oxygens (including phenoxy) is 2. The number of carbonyl (C=O) groups excluding carboxylic acids is 1. The zero-order chi connectivity index (χ0) is 16.3. The molecule has 2 rings (SSSR count). The number of benzene rings is 1. The summed E-state index contributed by atoms with van der Waals surface area (Å²) >= 11 is 0. The molecule has 0 aliphatic carbocycles. The van der Waals surface area contributed by atoms with Crippen molar-refractivity contribution in [1.82, 2.24) is 0 Å². The van der Waals surface area contributed by atoms with Crippen molar-refractivity contribution in [3.8, 4) is 0 Å². The molecule has 0 spiro atoms. The van der Waals surface area contributed by atoms with Gasteiger partial charge in [-0.2, -0.15) is 0 Å². The smallest absolute Gasteiger partial charge is 0.337 e. The number of hydrogen-bond acceptors (Lipinski definition) is 5. The van der Waals surface area contributed by atoms with E-state index in [4.69, 9.17) is 9.47 Å². The van der Waals surface area contributed by atoms with Crippen LogP contribution in [-0.4, -0.2) is 23.2 Å². The Kier molecular flexibility index (Phi) is 4.49. The van der Waals surface area contributed by atoms with Crippen molar-refractivity contribution in [3.63, 3.8) is 0 Å². The monoisotopic (exact) mass is 305 g/mol. The lowest BCUT2D eigenvalue weighted by molar-refractivity contribution is -0.483. The summed E-state index contributed by atoms with van der Waals surface area (Å²) < 4.78 is 10.6. The summed E-state index contributed by atoms with van der Waals surface area (Å²) in [6.45, 7) is 5.00. The van der Waals surface area contributed by atoms with Crippen LogP contribution in [0.1, 0.15) is 37.3 Å². The van der Waals surface area contributed by atoms with E-state index in [9.17, 15) is 14.9 Å². The summed E-state index contributed by atoms with van der Waals surface area (Å²) in [7, 11) is 0. The van der Waals surface area contributed by atoms with E-state index < -0.39 is 11.8 Å². The van der Waals surface area contributed by atoms with Crippen molar-refractivity contribution in [1.29, 1.82) is 0 Å². The van der Waals surface area contributed by atoms with Crippen LogP contribution in [0.2, 0.25) is 0 Å². The molecular formula is C16H19NO5. The van der Waals surface area contributed by atoms with E-state index in [0.717, 1.165) is 11.1 Å². The molecule has 22 heavy (non-hydrogen) atoms. The van der Waals surface area contributed by atoms with Gasteiger partial charge >= 0.3 is 5.97 Å². The molecule has 0 aromatic heterocycles. The number of aryl methyl sites for hydroxylation is 1. The van der Waals surface area contributed by atoms with Crippen LogP contribution in [0.4, 0.5) is 0 Å². The molecule has 1 aromatic rings. The number of nitrogens with zero attached hydrogens (tertiary/aromatic N) is 1. The third kappa shape index (κ3) is 4.31. The number of esters is 1. The van der Waals surface area contributed by atoms with Gasteiger partial charge < -0.3 is 9.47 Å². The largest absolute Gasteiger partial charge is 0.457 e. The van der Waals surface area contributed by atoms with Crippen LogP contribution in [0, 0.1) is 17.0 Å². The maximum Gasteiger partial charge on any atom is 0.337 e. The molecule has 0 amide bonds. The summed E-state index contributed by atoms with van der Waals surface area (Å²) in [5.41, 5.74) is 1.94. The molecule has 1 aliphatic heterocycles. The topological polar surface area (TPSA) is 78.7 Å². The summed E-state index contributed by atoms with van der Waals surface area (Å²) in [5.74, 6) is -1.49. The highest BCUT2D eigenvalue weighted by molar-refractivity contribution is 5.83. The van der Waals surface area contributed by atoms with Crippen LogP contribution in [0.25, 0.3) is 0 Å². The van der Waals surface area contributed by atoms with Gasteiger partial charge in [-0.05, 0) is 12.5 Å². The average Bonchev–Trinajstić information content (AvgIpc) is 2.35. The highest BCUT2D eigenvalue weighted by Crippen LogP contribution is 2.30. The zero-order valence-electron chi connectivity index (χ0n) is 12.9. The van der Waals surface area contributed by atoms with Crippen molar-refractivity contribution >= 4 is 5.97 Å². The van der Waals surface area contributed by atoms with Crippen LogP contribution < -0.4 is 0 Å². The molecule has 1 aromatic carbocycles. The first-order valence-corrected chi connectivity index (χ1v) is 7.06. The predicted octanol–water partition coefficient (Wildman–Crippen LogP) is 2.94. The Balaban J connectivity index is 2.21. The Labute approximate surface area is 128 Å². The van der Waals surface area contributed by atoms with E-state index in [1.807, 2.05) is 31.2 Å². The SMILES string of the molecule is Cc1ccc(C(CC2=CC(=O)OC(C)(C)O2)C[N+](=O)[O-])cc1. The molecule has 0 bridgehead atoms. The third-order valence-electron chi connectivity index (χ3n) is 3.37. The molecule has 0 saturated carbocycles. The molecule has 6 nitrogen and oxygen atoms in total. The Morgan fingerprint density at radius 2 is 1.86 bits per heavy atom. The summed E-state index contributed by atoms with van der Waals surface area (Å²) in [4.78, 5) is 22.1. The fraction of sp³-hybridized carbons (Fsp3) is 0.438. The normalized spacial score (nSPS) is 18.0. The van der Waals surface area contributed by atoms with Gasteiger partial charge in [0, 0.05) is 25.2 Å². The number of allylic oxidation sites excluding steroid dienone is 1. The van der Waals surface area contributed by atoms with Gasteiger partial charge in [-0.1, -0.05) is 29.8 Å². The van der Waals surface area contributed by atoms with Crippen molar-refractivity contribution in [2.75, 3.05) is 6.54 Å². The number of rotatable bonds is 5. The highest BCUT2D eigenvalue weighted by Gasteiger charge is 2.32. The summed E-state index contributed by atoms with van der Waals surface area (Å²) in [6, 6.07) is 7.57. The molecule has 1 heterocycles. The summed E-state index contributed by atoms with van der Waals surface area (Å²) in [6.07, 6.45) is 1.54. The van der Waals surface area contributed by atoms with Gasteiger partial charge in [0.2, 0.25) is 12.3 Å². The average molecular weight is 305 g/mol. The Morgan fingerprint density at radius 1 is 1.23 bits per heavy atom. The number of hydrogen-bond donors (Lipinski definition) is 0. The van der Waals surface area contributed by atoms with Crippen molar-refractivity contribution < 1.29 is 19.2 Å². The number of carbonyl (C=O) groups is 1. The minimum Gasteiger partial charge on any atom is -0.457 e. The second-order valence-electron chi connectivity index (χ2n) is 5.86. The maximum absolute atomic E-state index is 11.6. The lowest BCUT2D eigenvalue weighted by Gasteiger charge is -2.31. The fourth-order valence-electron chi connectivity index (χ4n) is 2.42. The van der Waals surface area contributed by atoms with Crippen LogP contribution in [0.5, 0.6) is 0 Å².